The summed E-state index contributed by atoms with van der Waals surface area (Å²) in [6, 6.07) is 8.25. The lowest BCUT2D eigenvalue weighted by Crippen LogP contribution is -2.66. The Labute approximate surface area is 173 Å². The molecule has 5 unspecified atom stereocenters. The zero-order valence-electron chi connectivity index (χ0n) is 16.1. The Balaban J connectivity index is 1.71. The van der Waals surface area contributed by atoms with Crippen LogP contribution in [0.3, 0.4) is 0 Å². The first-order valence-corrected chi connectivity index (χ1v) is 9.73. The molecule has 0 spiro atoms. The fourth-order valence-corrected chi connectivity index (χ4v) is 3.64. The summed E-state index contributed by atoms with van der Waals surface area (Å²) in [4.78, 5) is 0. The summed E-state index contributed by atoms with van der Waals surface area (Å²) in [6.07, 6.45) is -12.9. The van der Waals surface area contributed by atoms with Crippen LogP contribution in [0.1, 0.15) is 5.56 Å². The van der Waals surface area contributed by atoms with E-state index >= 15 is 0 Å². The summed E-state index contributed by atoms with van der Waals surface area (Å²) < 4.78 is 16.3. The number of aliphatic hydroxyl groups is 7. The molecular formula is C19H29NO10. The normalized spacial score (nSPS) is 42.2. The van der Waals surface area contributed by atoms with Crippen LogP contribution in [0.5, 0.6) is 0 Å². The highest BCUT2D eigenvalue weighted by atomic mass is 16.7. The highest BCUT2D eigenvalue weighted by Crippen LogP contribution is 2.28. The van der Waals surface area contributed by atoms with E-state index in [0.29, 0.717) is 6.54 Å². The molecule has 8 N–H and O–H groups in total. The molecule has 0 radical (unpaired) electrons. The van der Waals surface area contributed by atoms with Gasteiger partial charge in [-0.25, -0.2) is 0 Å². The van der Waals surface area contributed by atoms with Crippen LogP contribution < -0.4 is 5.32 Å². The Kier molecular flexibility index (Phi) is 8.12. The fourth-order valence-electron chi connectivity index (χ4n) is 3.64. The van der Waals surface area contributed by atoms with Gasteiger partial charge in [0.2, 0.25) is 0 Å². The zero-order chi connectivity index (χ0) is 21.8. The van der Waals surface area contributed by atoms with Crippen LogP contribution in [0, 0.1) is 0 Å². The molecule has 0 bridgehead atoms. The Morgan fingerprint density at radius 2 is 1.47 bits per heavy atom. The maximum atomic E-state index is 10.8. The summed E-state index contributed by atoms with van der Waals surface area (Å²) in [7, 11) is 0. The largest absolute Gasteiger partial charge is 0.394 e. The topological polar surface area (TPSA) is 181 Å². The van der Waals surface area contributed by atoms with Crippen molar-refractivity contribution in [2.75, 3.05) is 13.2 Å². The lowest BCUT2D eigenvalue weighted by Gasteiger charge is -2.46. The molecule has 11 heteroatoms. The van der Waals surface area contributed by atoms with E-state index < -0.39 is 74.6 Å². The lowest BCUT2D eigenvalue weighted by molar-refractivity contribution is -0.345. The Morgan fingerprint density at radius 3 is 2.10 bits per heavy atom. The maximum Gasteiger partial charge on any atom is 0.187 e. The van der Waals surface area contributed by atoms with Crippen molar-refractivity contribution in [3.63, 3.8) is 0 Å². The van der Waals surface area contributed by atoms with E-state index in [0.717, 1.165) is 5.56 Å². The molecule has 11 nitrogen and oxygen atoms in total. The molecule has 3 rings (SSSR count). The van der Waals surface area contributed by atoms with Gasteiger partial charge >= 0.3 is 0 Å². The summed E-state index contributed by atoms with van der Waals surface area (Å²) in [5, 5.41) is 72.9. The maximum absolute atomic E-state index is 10.8. The molecule has 0 aliphatic carbocycles. The SMILES string of the molecule is OCC1O[C@@H](O[C@H]2C(CO)OC(O)[C@H](NCc3ccccc3)C2O)[C@H](O)C(O)[C@H]1O. The lowest BCUT2D eigenvalue weighted by atomic mass is 9.95. The molecular weight excluding hydrogens is 402 g/mol. The van der Waals surface area contributed by atoms with E-state index in [-0.39, 0.29) is 0 Å². The highest BCUT2D eigenvalue weighted by molar-refractivity contribution is 5.14. The molecule has 1 aromatic carbocycles. The van der Waals surface area contributed by atoms with E-state index in [2.05, 4.69) is 5.32 Å². The minimum atomic E-state index is -1.68. The first kappa shape index (κ1) is 23.4. The van der Waals surface area contributed by atoms with Crippen LogP contribution in [-0.2, 0) is 20.8 Å². The first-order chi connectivity index (χ1) is 14.4. The third kappa shape index (κ3) is 4.98. The van der Waals surface area contributed by atoms with Crippen LogP contribution in [0.2, 0.25) is 0 Å². The molecule has 2 aliphatic rings. The predicted molar refractivity (Wildman–Crippen MR) is 99.7 cm³/mol. The van der Waals surface area contributed by atoms with Crippen LogP contribution in [0.4, 0.5) is 0 Å². The second kappa shape index (κ2) is 10.4. The summed E-state index contributed by atoms with van der Waals surface area (Å²) in [5.41, 5.74) is 0.896. The van der Waals surface area contributed by atoms with Crippen molar-refractivity contribution in [3.8, 4) is 0 Å². The molecule has 2 fully saturated rings. The van der Waals surface area contributed by atoms with Gasteiger partial charge in [-0.15, -0.1) is 0 Å². The number of hydrogen-bond donors (Lipinski definition) is 8. The Morgan fingerprint density at radius 1 is 0.800 bits per heavy atom. The van der Waals surface area contributed by atoms with E-state index in [1.54, 1.807) is 0 Å². The van der Waals surface area contributed by atoms with Gasteiger partial charge in [0.05, 0.1) is 19.3 Å². The minimum Gasteiger partial charge on any atom is -0.394 e. The van der Waals surface area contributed by atoms with Crippen molar-refractivity contribution >= 4 is 0 Å². The van der Waals surface area contributed by atoms with E-state index in [1.165, 1.54) is 0 Å². The van der Waals surface area contributed by atoms with Crippen LogP contribution in [-0.4, -0.2) is 110 Å². The zero-order valence-corrected chi connectivity index (χ0v) is 16.1. The van der Waals surface area contributed by atoms with Gasteiger partial charge in [0.15, 0.2) is 12.6 Å². The fraction of sp³-hybridized carbons (Fsp3) is 0.684. The van der Waals surface area contributed by atoms with Crippen molar-refractivity contribution in [3.05, 3.63) is 35.9 Å². The van der Waals surface area contributed by atoms with Gasteiger partial charge < -0.3 is 55.3 Å². The van der Waals surface area contributed by atoms with Crippen LogP contribution in [0.25, 0.3) is 0 Å². The van der Waals surface area contributed by atoms with Gasteiger partial charge in [0.1, 0.15) is 42.7 Å². The van der Waals surface area contributed by atoms with Crippen molar-refractivity contribution in [2.45, 2.75) is 67.9 Å². The quantitative estimate of drug-likeness (QED) is 0.214. The van der Waals surface area contributed by atoms with E-state index in [4.69, 9.17) is 14.2 Å². The number of nitrogens with one attached hydrogen (secondary N) is 1. The third-order valence-corrected chi connectivity index (χ3v) is 5.40. The average Bonchev–Trinajstić information content (AvgIpc) is 2.76. The highest BCUT2D eigenvalue weighted by Gasteiger charge is 2.50. The van der Waals surface area contributed by atoms with Crippen molar-refractivity contribution < 1.29 is 50.0 Å². The van der Waals surface area contributed by atoms with Crippen molar-refractivity contribution in [2.24, 2.45) is 0 Å². The second-order valence-corrected chi connectivity index (χ2v) is 7.43. The standard InChI is InChI=1S/C19H29NO10/c21-7-10-13(23)15(25)16(26)19(29-10)30-17-11(8-22)28-18(27)12(14(17)24)20-6-9-4-2-1-3-5-9/h1-5,10-27H,6-8H2/t10?,11?,12-,13+,14?,15?,16-,17+,18?,19+/m1/s1. The Hall–Kier alpha value is -1.22. The van der Waals surface area contributed by atoms with Gasteiger partial charge in [0, 0.05) is 6.54 Å². The van der Waals surface area contributed by atoms with Crippen molar-refractivity contribution in [1.29, 1.82) is 0 Å². The smallest absolute Gasteiger partial charge is 0.187 e. The molecule has 2 saturated heterocycles. The van der Waals surface area contributed by atoms with E-state index in [9.17, 15) is 35.7 Å². The summed E-state index contributed by atoms with van der Waals surface area (Å²) in [5.74, 6) is 0. The molecule has 0 amide bonds. The Bertz CT molecular complexity index is 649. The minimum absolute atomic E-state index is 0.305. The molecule has 2 heterocycles. The van der Waals surface area contributed by atoms with Crippen molar-refractivity contribution in [1.82, 2.24) is 5.32 Å². The summed E-state index contributed by atoms with van der Waals surface area (Å²) in [6.45, 7) is -0.945. The molecule has 30 heavy (non-hydrogen) atoms. The number of rotatable bonds is 7. The van der Waals surface area contributed by atoms with E-state index in [1.807, 2.05) is 30.3 Å². The molecule has 0 saturated carbocycles. The van der Waals surface area contributed by atoms with Gasteiger partial charge in [-0.05, 0) is 5.56 Å². The third-order valence-electron chi connectivity index (χ3n) is 5.40. The average molecular weight is 431 g/mol. The molecule has 10 atom stereocenters. The van der Waals surface area contributed by atoms with Gasteiger partial charge in [-0.3, -0.25) is 0 Å². The first-order valence-electron chi connectivity index (χ1n) is 9.73. The van der Waals surface area contributed by atoms with Crippen LogP contribution >= 0.6 is 0 Å². The monoisotopic (exact) mass is 431 g/mol. The molecule has 1 aromatic rings. The molecule has 0 aromatic heterocycles. The molecule has 170 valence electrons. The van der Waals surface area contributed by atoms with Gasteiger partial charge in [0.25, 0.3) is 0 Å². The number of ether oxygens (including phenoxy) is 3. The number of aliphatic hydroxyl groups excluding tert-OH is 7. The predicted octanol–water partition coefficient (Wildman–Crippen LogP) is -3.60. The van der Waals surface area contributed by atoms with Gasteiger partial charge in [-0.2, -0.15) is 0 Å². The second-order valence-electron chi connectivity index (χ2n) is 7.43. The number of benzene rings is 1. The summed E-state index contributed by atoms with van der Waals surface area (Å²) >= 11 is 0. The van der Waals surface area contributed by atoms with Gasteiger partial charge in [-0.1, -0.05) is 30.3 Å². The van der Waals surface area contributed by atoms with Crippen LogP contribution in [0.15, 0.2) is 30.3 Å². The molecule has 2 aliphatic heterocycles. The number of hydrogen-bond acceptors (Lipinski definition) is 11.